The van der Waals surface area contributed by atoms with Crippen molar-refractivity contribution in [3.63, 3.8) is 0 Å². The molecule has 4 rings (SSSR count). The summed E-state index contributed by atoms with van der Waals surface area (Å²) in [4.78, 5) is 4.40. The van der Waals surface area contributed by atoms with Crippen molar-refractivity contribution >= 4 is 11.8 Å². The van der Waals surface area contributed by atoms with Crippen LogP contribution in [0.25, 0.3) is 23.0 Å². The molecular weight excluding hydrogens is 340 g/mol. The zero-order chi connectivity index (χ0) is 17.1. The molecule has 0 saturated carbocycles. The normalized spacial score (nSPS) is 11.1. The fourth-order valence-electron chi connectivity index (χ4n) is 2.21. The lowest BCUT2D eigenvalue weighted by Crippen LogP contribution is -1.84. The molecule has 7 nitrogen and oxygen atoms in total. The SMILES string of the molecule is CCc1ccc(-c2noc(CSc3nnc(-c4ccco4)o3)n2)cc1. The van der Waals surface area contributed by atoms with Crippen molar-refractivity contribution in [2.45, 2.75) is 24.3 Å². The minimum atomic E-state index is 0.342. The molecule has 0 spiro atoms. The molecule has 0 aliphatic carbocycles. The molecule has 4 aromatic rings. The minimum Gasteiger partial charge on any atom is -0.459 e. The van der Waals surface area contributed by atoms with E-state index in [1.54, 1.807) is 18.4 Å². The van der Waals surface area contributed by atoms with Gasteiger partial charge in [-0.05, 0) is 24.1 Å². The van der Waals surface area contributed by atoms with Crippen LogP contribution in [-0.2, 0) is 12.2 Å². The smallest absolute Gasteiger partial charge is 0.284 e. The summed E-state index contributed by atoms with van der Waals surface area (Å²) in [6, 6.07) is 11.6. The van der Waals surface area contributed by atoms with Gasteiger partial charge in [0, 0.05) is 5.56 Å². The number of thioether (sulfide) groups is 1. The van der Waals surface area contributed by atoms with E-state index in [0.717, 1.165) is 12.0 Å². The molecule has 0 unspecified atom stereocenters. The Labute approximate surface area is 147 Å². The maximum absolute atomic E-state index is 5.52. The standard InChI is InChI=1S/C17H14N4O3S/c1-2-11-5-7-12(8-6-11)15-18-14(24-21-15)10-25-17-20-19-16(23-17)13-4-3-9-22-13/h3-9H,2,10H2,1H3. The Morgan fingerprint density at radius 3 is 2.72 bits per heavy atom. The van der Waals surface area contributed by atoms with Crippen LogP contribution in [0.4, 0.5) is 0 Å². The Hall–Kier alpha value is -2.87. The van der Waals surface area contributed by atoms with Crippen LogP contribution in [0.3, 0.4) is 0 Å². The molecule has 126 valence electrons. The highest BCUT2D eigenvalue weighted by molar-refractivity contribution is 7.98. The number of furan rings is 1. The number of aromatic nitrogens is 4. The Bertz CT molecular complexity index is 945. The summed E-state index contributed by atoms with van der Waals surface area (Å²) >= 11 is 1.33. The number of rotatable bonds is 6. The second kappa shape index (κ2) is 6.94. The molecule has 0 aliphatic heterocycles. The van der Waals surface area contributed by atoms with Gasteiger partial charge in [-0.3, -0.25) is 0 Å². The maximum Gasteiger partial charge on any atom is 0.284 e. The van der Waals surface area contributed by atoms with Gasteiger partial charge < -0.3 is 13.4 Å². The third-order valence-electron chi connectivity index (χ3n) is 3.55. The summed E-state index contributed by atoms with van der Waals surface area (Å²) in [7, 11) is 0. The van der Waals surface area contributed by atoms with E-state index in [2.05, 4.69) is 39.4 Å². The van der Waals surface area contributed by atoms with Crippen molar-refractivity contribution in [2.24, 2.45) is 0 Å². The molecule has 1 aromatic carbocycles. The van der Waals surface area contributed by atoms with E-state index in [0.29, 0.717) is 34.3 Å². The first-order valence-electron chi connectivity index (χ1n) is 7.74. The summed E-state index contributed by atoms with van der Waals surface area (Å²) in [6.07, 6.45) is 2.55. The van der Waals surface area contributed by atoms with Crippen molar-refractivity contribution in [1.82, 2.24) is 20.3 Å². The summed E-state index contributed by atoms with van der Waals surface area (Å²) in [5.41, 5.74) is 2.20. The van der Waals surface area contributed by atoms with E-state index in [-0.39, 0.29) is 0 Å². The molecule has 3 aromatic heterocycles. The number of benzene rings is 1. The van der Waals surface area contributed by atoms with Gasteiger partial charge in [0.2, 0.25) is 11.7 Å². The highest BCUT2D eigenvalue weighted by Gasteiger charge is 2.14. The fraction of sp³-hybridized carbons (Fsp3) is 0.176. The minimum absolute atomic E-state index is 0.342. The van der Waals surface area contributed by atoms with E-state index in [1.165, 1.54) is 17.3 Å². The van der Waals surface area contributed by atoms with E-state index >= 15 is 0 Å². The van der Waals surface area contributed by atoms with Crippen molar-refractivity contribution < 1.29 is 13.4 Å². The average Bonchev–Trinajstić information content (AvgIpc) is 3.41. The molecule has 8 heteroatoms. The van der Waals surface area contributed by atoms with Crippen LogP contribution in [0.2, 0.25) is 0 Å². The molecule has 0 saturated heterocycles. The molecule has 25 heavy (non-hydrogen) atoms. The van der Waals surface area contributed by atoms with Gasteiger partial charge in [-0.2, -0.15) is 4.98 Å². The highest BCUT2D eigenvalue weighted by Crippen LogP contribution is 2.26. The lowest BCUT2D eigenvalue weighted by atomic mass is 10.1. The average molecular weight is 354 g/mol. The molecular formula is C17H14N4O3S. The number of hydrogen-bond acceptors (Lipinski definition) is 8. The fourth-order valence-corrected chi connectivity index (χ4v) is 2.81. The van der Waals surface area contributed by atoms with E-state index in [9.17, 15) is 0 Å². The molecule has 0 amide bonds. The second-order valence-electron chi connectivity index (χ2n) is 5.20. The Morgan fingerprint density at radius 2 is 1.96 bits per heavy atom. The van der Waals surface area contributed by atoms with Crippen LogP contribution in [0, 0.1) is 0 Å². The van der Waals surface area contributed by atoms with Crippen LogP contribution in [0.1, 0.15) is 18.4 Å². The van der Waals surface area contributed by atoms with Crippen molar-refractivity contribution in [2.75, 3.05) is 0 Å². The highest BCUT2D eigenvalue weighted by atomic mass is 32.2. The van der Waals surface area contributed by atoms with Crippen LogP contribution in [0.5, 0.6) is 0 Å². The first-order chi connectivity index (χ1) is 12.3. The predicted octanol–water partition coefficient (Wildman–Crippen LogP) is 4.23. The van der Waals surface area contributed by atoms with Crippen LogP contribution in [0.15, 0.2) is 61.2 Å². The number of aryl methyl sites for hydroxylation is 1. The van der Waals surface area contributed by atoms with Gasteiger partial charge in [-0.1, -0.05) is 48.1 Å². The van der Waals surface area contributed by atoms with Gasteiger partial charge in [-0.25, -0.2) is 0 Å². The van der Waals surface area contributed by atoms with E-state index in [1.807, 2.05) is 12.1 Å². The van der Waals surface area contributed by atoms with Gasteiger partial charge in [0.15, 0.2) is 5.76 Å². The second-order valence-corrected chi connectivity index (χ2v) is 6.13. The summed E-state index contributed by atoms with van der Waals surface area (Å²) < 4.78 is 16.0. The summed E-state index contributed by atoms with van der Waals surface area (Å²) in [6.45, 7) is 2.12. The van der Waals surface area contributed by atoms with Gasteiger partial charge in [-0.15, -0.1) is 10.2 Å². The van der Waals surface area contributed by atoms with Crippen LogP contribution >= 0.6 is 11.8 Å². The van der Waals surface area contributed by atoms with Crippen molar-refractivity contribution in [3.8, 4) is 23.0 Å². The molecule has 0 bridgehead atoms. The lowest BCUT2D eigenvalue weighted by Gasteiger charge is -1.97. The zero-order valence-electron chi connectivity index (χ0n) is 13.4. The largest absolute Gasteiger partial charge is 0.459 e. The van der Waals surface area contributed by atoms with Gasteiger partial charge >= 0.3 is 0 Å². The van der Waals surface area contributed by atoms with Crippen LogP contribution in [-0.4, -0.2) is 20.3 Å². The quantitative estimate of drug-likeness (QED) is 0.475. The van der Waals surface area contributed by atoms with Gasteiger partial charge in [0.25, 0.3) is 11.1 Å². The topological polar surface area (TPSA) is 91.0 Å². The first-order valence-corrected chi connectivity index (χ1v) is 8.72. The zero-order valence-corrected chi connectivity index (χ0v) is 14.2. The summed E-state index contributed by atoms with van der Waals surface area (Å²) in [5, 5.41) is 12.3. The van der Waals surface area contributed by atoms with Crippen molar-refractivity contribution in [1.29, 1.82) is 0 Å². The monoisotopic (exact) mass is 354 g/mol. The summed E-state index contributed by atoms with van der Waals surface area (Å²) in [5.74, 6) is 2.39. The Morgan fingerprint density at radius 1 is 1.08 bits per heavy atom. The predicted molar refractivity (Wildman–Crippen MR) is 90.7 cm³/mol. The molecule has 0 radical (unpaired) electrons. The van der Waals surface area contributed by atoms with Gasteiger partial charge in [0.1, 0.15) is 0 Å². The Kier molecular flexibility index (Phi) is 4.34. The van der Waals surface area contributed by atoms with Gasteiger partial charge in [0.05, 0.1) is 12.0 Å². The van der Waals surface area contributed by atoms with E-state index < -0.39 is 0 Å². The molecule has 0 aliphatic rings. The molecule has 0 atom stereocenters. The maximum atomic E-state index is 5.52. The van der Waals surface area contributed by atoms with Crippen LogP contribution < -0.4 is 0 Å². The third kappa shape index (κ3) is 3.48. The molecule has 0 N–H and O–H groups in total. The van der Waals surface area contributed by atoms with E-state index in [4.69, 9.17) is 13.4 Å². The number of hydrogen-bond donors (Lipinski definition) is 0. The first kappa shape index (κ1) is 15.6. The molecule has 3 heterocycles. The third-order valence-corrected chi connectivity index (χ3v) is 4.35. The number of nitrogens with zero attached hydrogens (tertiary/aromatic N) is 4. The molecule has 0 fully saturated rings. The Balaban J connectivity index is 1.41. The van der Waals surface area contributed by atoms with Crippen molar-refractivity contribution in [3.05, 3.63) is 54.1 Å². The lowest BCUT2D eigenvalue weighted by molar-refractivity contribution is 0.390.